The Hall–Kier alpha value is 0.860. The van der Waals surface area contributed by atoms with E-state index in [2.05, 4.69) is 0 Å². The third kappa shape index (κ3) is 4.64. The van der Waals surface area contributed by atoms with E-state index in [4.69, 9.17) is 0 Å². The summed E-state index contributed by atoms with van der Waals surface area (Å²) in [6.45, 7) is 0. The van der Waals surface area contributed by atoms with Crippen molar-refractivity contribution in [1.82, 2.24) is 0 Å². The van der Waals surface area contributed by atoms with Crippen LogP contribution in [-0.2, 0) is 0 Å². The van der Waals surface area contributed by atoms with Crippen LogP contribution in [0.1, 0.15) is 25.7 Å². The van der Waals surface area contributed by atoms with Crippen LogP contribution in [0.15, 0.2) is 0 Å². The Bertz CT molecular complexity index is 40.4. The molecule has 1 aliphatic heterocycles. The van der Waals surface area contributed by atoms with Crippen LogP contribution in [-0.4, -0.2) is 24.6 Å². The van der Waals surface area contributed by atoms with Crippen LogP contribution in [0.5, 0.6) is 0 Å². The minimum absolute atomic E-state index is 1.29. The summed E-state index contributed by atoms with van der Waals surface area (Å²) in [4.78, 5) is 0. The second-order valence-electron chi connectivity index (χ2n) is 2.91. The maximum Gasteiger partial charge on any atom is -0.0353 e. The van der Waals surface area contributed by atoms with E-state index in [1.54, 1.807) is 0 Å². The van der Waals surface area contributed by atoms with Crippen molar-refractivity contribution in [2.75, 3.05) is 24.6 Å². The molecule has 1 fully saturated rings. The number of hydrogen-bond acceptors (Lipinski definition) is 0. The molecule has 60 valence electrons. The van der Waals surface area contributed by atoms with E-state index in [0.29, 0.717) is 0 Å². The highest BCUT2D eigenvalue weighted by molar-refractivity contribution is 7.38. The molecule has 0 radical (unpaired) electrons. The summed E-state index contributed by atoms with van der Waals surface area (Å²) in [7, 11) is 2.57. The topological polar surface area (TPSA) is 0 Å². The van der Waals surface area contributed by atoms with E-state index in [-0.39, 0.29) is 0 Å². The Morgan fingerprint density at radius 1 is 0.500 bits per heavy atom. The quantitative estimate of drug-likeness (QED) is 0.498. The van der Waals surface area contributed by atoms with E-state index in [1.165, 1.54) is 67.5 Å². The average Bonchev–Trinajstić information content (AvgIpc) is 2.01. The van der Waals surface area contributed by atoms with Crippen LogP contribution in [0.2, 0.25) is 0 Å². The van der Waals surface area contributed by atoms with Crippen LogP contribution < -0.4 is 0 Å². The van der Waals surface area contributed by atoms with Crippen molar-refractivity contribution in [3.05, 3.63) is 0 Å². The van der Waals surface area contributed by atoms with Gasteiger partial charge in [-0.3, -0.25) is 0 Å². The molecule has 1 aliphatic rings. The van der Waals surface area contributed by atoms with Crippen molar-refractivity contribution < 1.29 is 0 Å². The summed E-state index contributed by atoms with van der Waals surface area (Å²) >= 11 is 0. The molecule has 0 nitrogen and oxygen atoms in total. The lowest BCUT2D eigenvalue weighted by atomic mass is 10.4. The van der Waals surface area contributed by atoms with E-state index < -0.39 is 0 Å². The van der Waals surface area contributed by atoms with E-state index >= 15 is 0 Å². The molecule has 0 bridgehead atoms. The van der Waals surface area contributed by atoms with Crippen LogP contribution in [0.3, 0.4) is 0 Å². The lowest BCUT2D eigenvalue weighted by Gasteiger charge is -2.06. The first kappa shape index (κ1) is 8.95. The van der Waals surface area contributed by atoms with Crippen molar-refractivity contribution in [2.24, 2.45) is 0 Å². The zero-order chi connectivity index (χ0) is 7.07. The highest BCUT2D eigenvalue weighted by atomic mass is 31.1. The average molecular weight is 176 g/mol. The van der Waals surface area contributed by atoms with Gasteiger partial charge in [-0.15, -0.1) is 17.2 Å². The van der Waals surface area contributed by atoms with E-state index in [0.717, 1.165) is 0 Å². The van der Waals surface area contributed by atoms with Crippen LogP contribution in [0, 0.1) is 0 Å². The zero-order valence-electron chi connectivity index (χ0n) is 6.66. The fraction of sp³-hybridized carbons (Fsp3) is 1.00. The molecule has 0 atom stereocenters. The molecule has 0 amide bonds. The maximum absolute atomic E-state index is 1.53. The van der Waals surface area contributed by atoms with Crippen molar-refractivity contribution >= 4 is 17.2 Å². The molecule has 0 aromatic heterocycles. The Labute approximate surface area is 68.1 Å². The minimum Gasteiger partial charge on any atom is -0.122 e. The van der Waals surface area contributed by atoms with Gasteiger partial charge in [0.05, 0.1) is 0 Å². The normalized spacial score (nSPS) is 28.8. The first-order valence-corrected chi connectivity index (χ1v) is 7.24. The van der Waals surface area contributed by atoms with Crippen molar-refractivity contribution in [2.45, 2.75) is 25.7 Å². The van der Waals surface area contributed by atoms with Gasteiger partial charge in [0.1, 0.15) is 0 Å². The van der Waals surface area contributed by atoms with Crippen molar-refractivity contribution in [1.29, 1.82) is 0 Å². The molecule has 0 N–H and O–H groups in total. The summed E-state index contributed by atoms with van der Waals surface area (Å²) in [6, 6.07) is 0. The SMILES string of the molecule is C1CCPCCCCPC1. The second kappa shape index (κ2) is 6.56. The van der Waals surface area contributed by atoms with Gasteiger partial charge in [0.2, 0.25) is 0 Å². The second-order valence-corrected chi connectivity index (χ2v) is 5.91. The molecule has 0 unspecified atom stereocenters. The largest absolute Gasteiger partial charge is 0.122 e. The monoisotopic (exact) mass is 176 g/mol. The first-order chi connectivity index (χ1) is 5.00. The number of rotatable bonds is 0. The van der Waals surface area contributed by atoms with Gasteiger partial charge in [0.15, 0.2) is 0 Å². The summed E-state index contributed by atoms with van der Waals surface area (Å²) in [5, 5.41) is 0. The minimum atomic E-state index is 1.29. The Kier molecular flexibility index (Phi) is 5.88. The third-order valence-electron chi connectivity index (χ3n) is 1.91. The van der Waals surface area contributed by atoms with Crippen LogP contribution in [0.25, 0.3) is 0 Å². The summed E-state index contributed by atoms with van der Waals surface area (Å²) < 4.78 is 0. The van der Waals surface area contributed by atoms with Crippen molar-refractivity contribution in [3.8, 4) is 0 Å². The van der Waals surface area contributed by atoms with Gasteiger partial charge in [-0.25, -0.2) is 0 Å². The molecule has 1 rings (SSSR count). The summed E-state index contributed by atoms with van der Waals surface area (Å²) in [5.41, 5.74) is 0. The van der Waals surface area contributed by atoms with Crippen LogP contribution in [0.4, 0.5) is 0 Å². The van der Waals surface area contributed by atoms with Gasteiger partial charge in [0.25, 0.3) is 0 Å². The smallest absolute Gasteiger partial charge is 0.0353 e. The molecule has 1 saturated heterocycles. The van der Waals surface area contributed by atoms with Gasteiger partial charge in [-0.2, -0.15) is 0 Å². The Balaban J connectivity index is 2.00. The molecule has 0 saturated carbocycles. The van der Waals surface area contributed by atoms with Gasteiger partial charge < -0.3 is 0 Å². The standard InChI is InChI=1S/C8H18P2/c1-2-6-10-8-4-3-7-9-5-1/h9-10H,1-8H2. The number of hydrogen-bond donors (Lipinski definition) is 0. The van der Waals surface area contributed by atoms with Gasteiger partial charge in [-0.1, -0.05) is 0 Å². The van der Waals surface area contributed by atoms with Crippen molar-refractivity contribution in [3.63, 3.8) is 0 Å². The Morgan fingerprint density at radius 2 is 0.800 bits per heavy atom. The van der Waals surface area contributed by atoms with Gasteiger partial charge in [-0.05, 0) is 50.3 Å². The van der Waals surface area contributed by atoms with Gasteiger partial charge >= 0.3 is 0 Å². The lowest BCUT2D eigenvalue weighted by molar-refractivity contribution is 0.863. The predicted molar refractivity (Wildman–Crippen MR) is 54.6 cm³/mol. The van der Waals surface area contributed by atoms with E-state index in [9.17, 15) is 0 Å². The molecule has 0 aliphatic carbocycles. The summed E-state index contributed by atoms with van der Waals surface area (Å²) in [5.74, 6) is 0. The van der Waals surface area contributed by atoms with E-state index in [1.807, 2.05) is 0 Å². The van der Waals surface area contributed by atoms with Gasteiger partial charge in [0, 0.05) is 0 Å². The summed E-state index contributed by atoms with van der Waals surface area (Å²) in [6.07, 6.45) is 12.2. The molecule has 2 heteroatoms. The zero-order valence-corrected chi connectivity index (χ0v) is 8.66. The fourth-order valence-electron chi connectivity index (χ4n) is 1.25. The molecule has 10 heavy (non-hydrogen) atoms. The maximum atomic E-state index is 1.53. The molecule has 0 spiro atoms. The molecular weight excluding hydrogens is 158 g/mol. The molecular formula is C8H18P2. The molecule has 1 heterocycles. The molecule has 0 aromatic rings. The predicted octanol–water partition coefficient (Wildman–Crippen LogP) is 2.92. The highest BCUT2D eigenvalue weighted by Crippen LogP contribution is 2.22. The Morgan fingerprint density at radius 3 is 1.10 bits per heavy atom. The van der Waals surface area contributed by atoms with Crippen LogP contribution >= 0.6 is 17.2 Å². The first-order valence-electron chi connectivity index (χ1n) is 4.41. The fourth-order valence-corrected chi connectivity index (χ4v) is 3.75. The molecule has 0 aromatic carbocycles. The highest BCUT2D eigenvalue weighted by Gasteiger charge is 1.95. The lowest BCUT2D eigenvalue weighted by Crippen LogP contribution is -1.89. The third-order valence-corrected chi connectivity index (χ3v) is 4.74.